The van der Waals surface area contributed by atoms with Crippen LogP contribution in [0.1, 0.15) is 18.1 Å². The van der Waals surface area contributed by atoms with Gasteiger partial charge < -0.3 is 4.90 Å². The number of aromatic nitrogens is 1. The molecule has 0 saturated carbocycles. The predicted molar refractivity (Wildman–Crippen MR) is 77.3 cm³/mol. The lowest BCUT2D eigenvalue weighted by Gasteiger charge is -2.17. The van der Waals surface area contributed by atoms with Crippen molar-refractivity contribution in [2.45, 2.75) is 20.0 Å². The minimum atomic E-state index is 1.05. The Morgan fingerprint density at radius 3 is 2.06 bits per heavy atom. The second-order valence-corrected chi connectivity index (χ2v) is 5.35. The maximum atomic E-state index is 4.06. The molecule has 2 nitrogen and oxygen atoms in total. The van der Waals surface area contributed by atoms with Crippen LogP contribution < -0.4 is 4.90 Å². The summed E-state index contributed by atoms with van der Waals surface area (Å²) in [5.41, 5.74) is 2.73. The van der Waals surface area contributed by atoms with Gasteiger partial charge in [-0.15, -0.1) is 0 Å². The van der Waals surface area contributed by atoms with Gasteiger partial charge in [0.2, 0.25) is 0 Å². The van der Waals surface area contributed by atoms with Gasteiger partial charge in [-0.25, -0.2) is 0 Å². The molecule has 0 radical (unpaired) electrons. The molecule has 1 N–H and O–H groups in total. The Kier molecular flexibility index (Phi) is 4.90. The van der Waals surface area contributed by atoms with Gasteiger partial charge in [0.15, 0.2) is 0 Å². The van der Waals surface area contributed by atoms with Crippen molar-refractivity contribution in [1.82, 2.24) is 4.98 Å². The van der Waals surface area contributed by atoms with Crippen molar-refractivity contribution in [3.63, 3.8) is 0 Å². The fraction of sp³-hybridized carbons (Fsp3) is 0.267. The van der Waals surface area contributed by atoms with Gasteiger partial charge in [0.1, 0.15) is 13.1 Å². The zero-order chi connectivity index (χ0) is 12.8. The fourth-order valence-electron chi connectivity index (χ4n) is 1.99. The number of halogens is 1. The number of quaternary nitrogens is 1. The number of hydrogen-bond acceptors (Lipinski definition) is 1. The normalized spacial score (nSPS) is 12.3. The van der Waals surface area contributed by atoms with Crippen molar-refractivity contribution in [2.24, 2.45) is 0 Å². The molecule has 94 valence electrons. The first kappa shape index (κ1) is 13.2. The Morgan fingerprint density at radius 1 is 0.944 bits per heavy atom. The largest absolute Gasteiger partial charge is 0.328 e. The lowest BCUT2D eigenvalue weighted by molar-refractivity contribution is -0.925. The highest BCUT2D eigenvalue weighted by Crippen LogP contribution is 2.09. The fourth-order valence-corrected chi connectivity index (χ4v) is 2.26. The third kappa shape index (κ3) is 3.93. The van der Waals surface area contributed by atoms with Crippen LogP contribution in [0.4, 0.5) is 0 Å². The monoisotopic (exact) mass is 305 g/mol. The molecule has 18 heavy (non-hydrogen) atoms. The molecule has 0 aliphatic carbocycles. The highest BCUT2D eigenvalue weighted by molar-refractivity contribution is 9.10. The maximum Gasteiger partial charge on any atom is 0.103 e. The van der Waals surface area contributed by atoms with E-state index < -0.39 is 0 Å². The number of pyridine rings is 1. The lowest BCUT2D eigenvalue weighted by atomic mass is 10.2. The van der Waals surface area contributed by atoms with Crippen LogP contribution in [0.25, 0.3) is 0 Å². The van der Waals surface area contributed by atoms with Crippen LogP contribution in [0.15, 0.2) is 53.3 Å². The Balaban J connectivity index is 1.99. The summed E-state index contributed by atoms with van der Waals surface area (Å²) in [5.74, 6) is 0. The summed E-state index contributed by atoms with van der Waals surface area (Å²) in [6, 6.07) is 12.8. The van der Waals surface area contributed by atoms with Gasteiger partial charge in [0.25, 0.3) is 0 Å². The summed E-state index contributed by atoms with van der Waals surface area (Å²) in [7, 11) is 0. The first-order chi connectivity index (χ1) is 8.78. The number of nitrogens with one attached hydrogen (secondary N) is 1. The summed E-state index contributed by atoms with van der Waals surface area (Å²) in [4.78, 5) is 5.62. The molecule has 1 atom stereocenters. The van der Waals surface area contributed by atoms with Crippen LogP contribution in [0.2, 0.25) is 0 Å². The van der Waals surface area contributed by atoms with Crippen LogP contribution in [-0.2, 0) is 13.1 Å². The topological polar surface area (TPSA) is 17.3 Å². The first-order valence-corrected chi connectivity index (χ1v) is 7.04. The predicted octanol–water partition coefficient (Wildman–Crippen LogP) is 2.45. The standard InChI is InChI=1S/C15H17BrN2/c1-2-18(12-14-7-9-17-10-8-14)11-13-3-5-15(16)6-4-13/h3-10H,2,11-12H2,1H3/p+1. The molecule has 0 saturated heterocycles. The van der Waals surface area contributed by atoms with Crippen molar-refractivity contribution in [3.05, 3.63) is 64.4 Å². The Bertz CT molecular complexity index is 468. The van der Waals surface area contributed by atoms with Crippen LogP contribution >= 0.6 is 15.9 Å². The molecular weight excluding hydrogens is 288 g/mol. The number of benzene rings is 1. The number of nitrogens with zero attached hydrogens (tertiary/aromatic N) is 1. The summed E-state index contributed by atoms with van der Waals surface area (Å²) >= 11 is 3.47. The minimum absolute atomic E-state index is 1.05. The highest BCUT2D eigenvalue weighted by atomic mass is 79.9. The quantitative estimate of drug-likeness (QED) is 0.898. The third-order valence-corrected chi connectivity index (χ3v) is 3.60. The SMILES string of the molecule is CC[NH+](Cc1ccncc1)Cc1ccc(Br)cc1. The van der Waals surface area contributed by atoms with E-state index in [1.807, 2.05) is 12.4 Å². The molecule has 0 aliphatic rings. The van der Waals surface area contributed by atoms with E-state index in [1.165, 1.54) is 11.1 Å². The molecule has 1 unspecified atom stereocenters. The van der Waals surface area contributed by atoms with Gasteiger partial charge in [-0.05, 0) is 31.2 Å². The van der Waals surface area contributed by atoms with E-state index >= 15 is 0 Å². The van der Waals surface area contributed by atoms with E-state index in [4.69, 9.17) is 0 Å². The van der Waals surface area contributed by atoms with Crippen LogP contribution in [-0.4, -0.2) is 11.5 Å². The Morgan fingerprint density at radius 2 is 1.50 bits per heavy atom. The van der Waals surface area contributed by atoms with Gasteiger partial charge in [-0.1, -0.05) is 28.1 Å². The molecule has 0 aliphatic heterocycles. The summed E-state index contributed by atoms with van der Waals surface area (Å²) in [5, 5.41) is 0. The van der Waals surface area contributed by atoms with E-state index in [1.54, 1.807) is 4.90 Å². The molecule has 0 bridgehead atoms. The smallest absolute Gasteiger partial charge is 0.103 e. The van der Waals surface area contributed by atoms with Crippen molar-refractivity contribution < 1.29 is 4.90 Å². The number of rotatable bonds is 5. The molecule has 1 aromatic carbocycles. The molecule has 0 spiro atoms. The molecule has 0 fully saturated rings. The second kappa shape index (κ2) is 6.66. The van der Waals surface area contributed by atoms with Crippen molar-refractivity contribution >= 4 is 15.9 Å². The van der Waals surface area contributed by atoms with E-state index in [0.717, 1.165) is 24.1 Å². The van der Waals surface area contributed by atoms with E-state index in [2.05, 4.69) is 64.2 Å². The Hall–Kier alpha value is -1.19. The summed E-state index contributed by atoms with van der Waals surface area (Å²) < 4.78 is 1.14. The molecule has 2 aromatic rings. The van der Waals surface area contributed by atoms with Crippen LogP contribution in [0, 0.1) is 0 Å². The van der Waals surface area contributed by atoms with E-state index in [9.17, 15) is 0 Å². The summed E-state index contributed by atoms with van der Waals surface area (Å²) in [6.07, 6.45) is 3.73. The van der Waals surface area contributed by atoms with E-state index in [-0.39, 0.29) is 0 Å². The highest BCUT2D eigenvalue weighted by Gasteiger charge is 2.08. The van der Waals surface area contributed by atoms with Gasteiger partial charge in [-0.3, -0.25) is 4.98 Å². The van der Waals surface area contributed by atoms with Crippen LogP contribution in [0.3, 0.4) is 0 Å². The Labute approximate surface area is 117 Å². The van der Waals surface area contributed by atoms with Gasteiger partial charge in [-0.2, -0.15) is 0 Å². The average molecular weight is 306 g/mol. The second-order valence-electron chi connectivity index (χ2n) is 4.44. The molecular formula is C15H18BrN2+. The van der Waals surface area contributed by atoms with Crippen molar-refractivity contribution in [1.29, 1.82) is 0 Å². The summed E-state index contributed by atoms with van der Waals surface area (Å²) in [6.45, 7) is 5.47. The first-order valence-electron chi connectivity index (χ1n) is 6.25. The third-order valence-electron chi connectivity index (χ3n) is 3.07. The van der Waals surface area contributed by atoms with Crippen molar-refractivity contribution in [3.8, 4) is 0 Å². The van der Waals surface area contributed by atoms with Crippen molar-refractivity contribution in [2.75, 3.05) is 6.54 Å². The minimum Gasteiger partial charge on any atom is -0.328 e. The maximum absolute atomic E-state index is 4.06. The molecule has 1 aromatic heterocycles. The van der Waals surface area contributed by atoms with Crippen LogP contribution in [0.5, 0.6) is 0 Å². The van der Waals surface area contributed by atoms with E-state index in [0.29, 0.717) is 0 Å². The molecule has 3 heteroatoms. The van der Waals surface area contributed by atoms with Gasteiger partial charge in [0.05, 0.1) is 6.54 Å². The molecule has 1 heterocycles. The molecule has 0 amide bonds. The number of hydrogen-bond donors (Lipinski definition) is 1. The average Bonchev–Trinajstić information content (AvgIpc) is 2.41. The zero-order valence-corrected chi connectivity index (χ0v) is 12.2. The van der Waals surface area contributed by atoms with Gasteiger partial charge in [0, 0.05) is 28.0 Å². The van der Waals surface area contributed by atoms with Gasteiger partial charge >= 0.3 is 0 Å². The lowest BCUT2D eigenvalue weighted by Crippen LogP contribution is -3.09. The molecule has 2 rings (SSSR count). The zero-order valence-electron chi connectivity index (χ0n) is 10.6.